The minimum atomic E-state index is -0.159. The third-order valence-electron chi connectivity index (χ3n) is 4.65. The molecule has 1 saturated heterocycles. The fourth-order valence-electron chi connectivity index (χ4n) is 3.23. The van der Waals surface area contributed by atoms with E-state index >= 15 is 0 Å². The van der Waals surface area contributed by atoms with Crippen molar-refractivity contribution in [2.24, 2.45) is 0 Å². The van der Waals surface area contributed by atoms with Crippen molar-refractivity contribution < 1.29 is 19.0 Å². The van der Waals surface area contributed by atoms with Crippen LogP contribution in [0.1, 0.15) is 19.4 Å². The zero-order chi connectivity index (χ0) is 22.4. The molecule has 0 spiro atoms. The van der Waals surface area contributed by atoms with Crippen LogP contribution in [-0.4, -0.2) is 42.8 Å². The zero-order valence-corrected chi connectivity index (χ0v) is 18.6. The quantitative estimate of drug-likeness (QED) is 0.353. The molecule has 0 aromatic heterocycles. The summed E-state index contributed by atoms with van der Waals surface area (Å²) >= 11 is 5.61. The molecule has 6 nitrogen and oxygen atoms in total. The Morgan fingerprint density at radius 2 is 1.84 bits per heavy atom. The maximum Gasteiger partial charge on any atom is 0.277 e. The van der Waals surface area contributed by atoms with Gasteiger partial charge in [-0.2, -0.15) is 0 Å². The first kappa shape index (κ1) is 22.2. The van der Waals surface area contributed by atoms with Gasteiger partial charge in [-0.1, -0.05) is 12.0 Å². The van der Waals surface area contributed by atoms with Crippen LogP contribution in [0.4, 0.5) is 5.69 Å². The van der Waals surface area contributed by atoms with Crippen LogP contribution >= 0.6 is 12.2 Å². The van der Waals surface area contributed by atoms with Crippen molar-refractivity contribution in [3.63, 3.8) is 0 Å². The molecular formula is C24H24N2O4S. The molecule has 3 rings (SSSR count). The van der Waals surface area contributed by atoms with E-state index in [1.54, 1.807) is 35.1 Å². The van der Waals surface area contributed by atoms with Gasteiger partial charge in [-0.3, -0.25) is 14.6 Å². The van der Waals surface area contributed by atoms with E-state index in [0.717, 1.165) is 17.0 Å². The third-order valence-corrected chi connectivity index (χ3v) is 5.05. The number of nitrogens with zero attached hydrogens (tertiary/aromatic N) is 2. The van der Waals surface area contributed by atoms with Crippen molar-refractivity contribution in [2.75, 3.05) is 31.8 Å². The van der Waals surface area contributed by atoms with Gasteiger partial charge in [0.1, 0.15) is 18.1 Å². The largest absolute Gasteiger partial charge is 0.494 e. The molecule has 160 valence electrons. The molecular weight excluding hydrogens is 412 g/mol. The highest BCUT2D eigenvalue weighted by molar-refractivity contribution is 7.80. The second-order valence-electron chi connectivity index (χ2n) is 6.53. The molecule has 0 N–H and O–H groups in total. The van der Waals surface area contributed by atoms with Gasteiger partial charge in [-0.15, -0.1) is 6.42 Å². The molecule has 0 atom stereocenters. The number of hydrogen-bond acceptors (Lipinski definition) is 5. The molecule has 7 heteroatoms. The Hall–Kier alpha value is -3.50. The van der Waals surface area contributed by atoms with Crippen LogP contribution in [-0.2, 0) is 4.79 Å². The summed E-state index contributed by atoms with van der Waals surface area (Å²) in [6.45, 7) is 5.02. The van der Waals surface area contributed by atoms with Crippen LogP contribution in [0.15, 0.2) is 48.2 Å². The molecule has 31 heavy (non-hydrogen) atoms. The predicted octanol–water partition coefficient (Wildman–Crippen LogP) is 4.10. The number of thiocarbonyl (C=S) groups is 1. The van der Waals surface area contributed by atoms with Crippen molar-refractivity contribution in [2.45, 2.75) is 13.8 Å². The Bertz CT molecular complexity index is 1040. The standard InChI is InChI=1S/C24H24N2O4S/c1-5-14-30-21-13-8-17(16-22(21)28-4)15-20-23(27)25(6-2)24(31)26(20)18-9-11-19(12-10-18)29-7-3/h1,8-13,15-16H,6-7,14H2,2-4H3/b20-15+. The van der Waals surface area contributed by atoms with Crippen LogP contribution < -0.4 is 19.1 Å². The second kappa shape index (κ2) is 10.0. The van der Waals surface area contributed by atoms with E-state index in [1.165, 1.54) is 0 Å². The molecule has 0 unspecified atom stereocenters. The summed E-state index contributed by atoms with van der Waals surface area (Å²) in [5.74, 6) is 4.09. The summed E-state index contributed by atoms with van der Waals surface area (Å²) in [5, 5.41) is 0.434. The highest BCUT2D eigenvalue weighted by Crippen LogP contribution is 2.33. The summed E-state index contributed by atoms with van der Waals surface area (Å²) < 4.78 is 16.4. The van der Waals surface area contributed by atoms with Crippen molar-refractivity contribution >= 4 is 35.0 Å². The number of amides is 1. The first-order valence-electron chi connectivity index (χ1n) is 9.88. The lowest BCUT2D eigenvalue weighted by atomic mass is 10.1. The molecule has 1 amide bonds. The molecule has 1 fully saturated rings. The lowest BCUT2D eigenvalue weighted by molar-refractivity contribution is -0.122. The number of methoxy groups -OCH3 is 1. The second-order valence-corrected chi connectivity index (χ2v) is 6.89. The topological polar surface area (TPSA) is 51.2 Å². The molecule has 0 saturated carbocycles. The van der Waals surface area contributed by atoms with Crippen LogP contribution in [0.2, 0.25) is 0 Å². The van der Waals surface area contributed by atoms with Crippen LogP contribution in [0.5, 0.6) is 17.2 Å². The Kier molecular flexibility index (Phi) is 7.16. The molecule has 1 aliphatic rings. The van der Waals surface area contributed by atoms with Gasteiger partial charge in [0.2, 0.25) is 0 Å². The minimum absolute atomic E-state index is 0.139. The fourth-order valence-corrected chi connectivity index (χ4v) is 3.64. The molecule has 1 heterocycles. The number of ether oxygens (including phenoxy) is 3. The van der Waals surface area contributed by atoms with Crippen molar-refractivity contribution in [3.8, 4) is 29.6 Å². The van der Waals surface area contributed by atoms with E-state index in [9.17, 15) is 4.79 Å². The maximum absolute atomic E-state index is 13.1. The van der Waals surface area contributed by atoms with Gasteiger partial charge in [0, 0.05) is 12.2 Å². The van der Waals surface area contributed by atoms with E-state index in [4.69, 9.17) is 32.9 Å². The number of benzene rings is 2. The number of hydrogen-bond donors (Lipinski definition) is 0. The lowest BCUT2D eigenvalue weighted by Gasteiger charge is -2.20. The number of terminal acetylenes is 1. The Morgan fingerprint density at radius 1 is 1.10 bits per heavy atom. The van der Waals surface area contributed by atoms with E-state index < -0.39 is 0 Å². The van der Waals surface area contributed by atoms with Gasteiger partial charge in [0.25, 0.3) is 5.91 Å². The molecule has 0 radical (unpaired) electrons. The molecule has 0 bridgehead atoms. The van der Waals surface area contributed by atoms with Gasteiger partial charge >= 0.3 is 0 Å². The Balaban J connectivity index is 2.01. The highest BCUT2D eigenvalue weighted by atomic mass is 32.1. The van der Waals surface area contributed by atoms with Crippen LogP contribution in [0.25, 0.3) is 6.08 Å². The Morgan fingerprint density at radius 3 is 2.45 bits per heavy atom. The van der Waals surface area contributed by atoms with Crippen LogP contribution in [0, 0.1) is 12.3 Å². The van der Waals surface area contributed by atoms with Gasteiger partial charge in [0.15, 0.2) is 16.6 Å². The van der Waals surface area contributed by atoms with Crippen LogP contribution in [0.3, 0.4) is 0 Å². The SMILES string of the molecule is C#CCOc1ccc(/C=C2\C(=O)N(CC)C(=S)N2c2ccc(OCC)cc2)cc1OC. The molecule has 1 aliphatic heterocycles. The minimum Gasteiger partial charge on any atom is -0.494 e. The van der Waals surface area contributed by atoms with Gasteiger partial charge in [-0.25, -0.2) is 0 Å². The monoisotopic (exact) mass is 436 g/mol. The average Bonchev–Trinajstić information content (AvgIpc) is 3.02. The van der Waals surface area contributed by atoms with E-state index in [2.05, 4.69) is 5.92 Å². The number of likely N-dealkylation sites (N-methyl/N-ethyl adjacent to an activating group) is 1. The number of rotatable bonds is 8. The average molecular weight is 437 g/mol. The molecule has 2 aromatic rings. The summed E-state index contributed by atoms with van der Waals surface area (Å²) in [5.41, 5.74) is 2.00. The first-order valence-corrected chi connectivity index (χ1v) is 10.3. The number of anilines is 1. The molecule has 2 aromatic carbocycles. The van der Waals surface area contributed by atoms with Crippen molar-refractivity contribution in [1.82, 2.24) is 4.90 Å². The van der Waals surface area contributed by atoms with E-state index in [1.807, 2.05) is 44.2 Å². The van der Waals surface area contributed by atoms with Crippen molar-refractivity contribution in [1.29, 1.82) is 0 Å². The lowest BCUT2D eigenvalue weighted by Crippen LogP contribution is -2.32. The van der Waals surface area contributed by atoms with Crippen molar-refractivity contribution in [3.05, 3.63) is 53.7 Å². The predicted molar refractivity (Wildman–Crippen MR) is 125 cm³/mol. The number of carbonyl (C=O) groups is 1. The smallest absolute Gasteiger partial charge is 0.277 e. The summed E-state index contributed by atoms with van der Waals surface area (Å²) in [6, 6.07) is 12.9. The highest BCUT2D eigenvalue weighted by Gasteiger charge is 2.38. The summed E-state index contributed by atoms with van der Waals surface area (Å²) in [7, 11) is 1.55. The summed E-state index contributed by atoms with van der Waals surface area (Å²) in [4.78, 5) is 16.4. The number of carbonyl (C=O) groups excluding carboxylic acids is 1. The maximum atomic E-state index is 13.1. The van der Waals surface area contributed by atoms with Gasteiger partial charge in [-0.05, 0) is 74.1 Å². The van der Waals surface area contributed by atoms with E-state index in [0.29, 0.717) is 35.5 Å². The first-order chi connectivity index (χ1) is 15.0. The zero-order valence-electron chi connectivity index (χ0n) is 17.8. The molecule has 0 aliphatic carbocycles. The summed E-state index contributed by atoms with van der Waals surface area (Å²) in [6.07, 6.45) is 7.05. The van der Waals surface area contributed by atoms with E-state index in [-0.39, 0.29) is 12.5 Å². The van der Waals surface area contributed by atoms with Gasteiger partial charge in [0.05, 0.1) is 13.7 Å². The third kappa shape index (κ3) is 4.65. The Labute approximate surface area is 188 Å². The fraction of sp³-hybridized carbons (Fsp3) is 0.250. The van der Waals surface area contributed by atoms with Gasteiger partial charge < -0.3 is 14.2 Å². The normalized spacial score (nSPS) is 14.7.